The van der Waals surface area contributed by atoms with Crippen molar-refractivity contribution in [3.8, 4) is 11.5 Å². The largest absolute Gasteiger partial charge is 0.491 e. The zero-order valence-electron chi connectivity index (χ0n) is 37.2. The van der Waals surface area contributed by atoms with Crippen LogP contribution in [0.3, 0.4) is 0 Å². The van der Waals surface area contributed by atoms with Gasteiger partial charge in [0.15, 0.2) is 0 Å². The molecule has 0 unspecified atom stereocenters. The monoisotopic (exact) mass is 835 g/mol. The summed E-state index contributed by atoms with van der Waals surface area (Å²) >= 11 is 0. The van der Waals surface area contributed by atoms with Crippen molar-refractivity contribution in [2.75, 3.05) is 132 Å². The first-order valence-corrected chi connectivity index (χ1v) is 22.9. The summed E-state index contributed by atoms with van der Waals surface area (Å²) in [4.78, 5) is 0. The van der Waals surface area contributed by atoms with E-state index < -0.39 is 0 Å². The van der Waals surface area contributed by atoms with Crippen molar-refractivity contribution in [2.24, 2.45) is 0 Å². The van der Waals surface area contributed by atoms with Crippen LogP contribution in [0.2, 0.25) is 0 Å². The van der Waals surface area contributed by atoms with Crippen LogP contribution in [-0.2, 0) is 55.5 Å². The lowest BCUT2D eigenvalue weighted by Gasteiger charge is -2.09. The fourth-order valence-electron chi connectivity index (χ4n) is 6.02. The molecule has 0 spiro atoms. The van der Waals surface area contributed by atoms with E-state index in [-0.39, 0.29) is 0 Å². The van der Waals surface area contributed by atoms with Crippen molar-refractivity contribution in [2.45, 2.75) is 104 Å². The van der Waals surface area contributed by atoms with Crippen molar-refractivity contribution < 1.29 is 52.1 Å². The summed E-state index contributed by atoms with van der Waals surface area (Å²) in [7, 11) is 0. The second-order valence-corrected chi connectivity index (χ2v) is 14.5. The zero-order chi connectivity index (χ0) is 41.8. The molecule has 0 fully saturated rings. The number of benzene rings is 2. The number of rotatable bonds is 46. The fourth-order valence-corrected chi connectivity index (χ4v) is 6.02. The molecule has 0 aliphatic carbocycles. The molecule has 2 aromatic carbocycles. The molecule has 0 aliphatic rings. The standard InChI is InChI=1S/C48H82O11/c1-3-5-7-9-11-13-15-45-17-21-47(22-18-45)58-43-41-56-39-37-54-35-33-52-31-29-50-27-25-49-26-28-51-30-32-53-34-36-55-38-40-57-42-44-59-48-23-19-46(20-24-48)16-14-12-10-8-6-4-2/h17-24H,3-16,25-44H2,1-2H3. The van der Waals surface area contributed by atoms with Gasteiger partial charge in [-0.25, -0.2) is 0 Å². The predicted molar refractivity (Wildman–Crippen MR) is 235 cm³/mol. The Kier molecular flexibility index (Phi) is 37.9. The summed E-state index contributed by atoms with van der Waals surface area (Å²) in [6, 6.07) is 16.9. The van der Waals surface area contributed by atoms with Gasteiger partial charge in [0, 0.05) is 0 Å². The Bertz CT molecular complexity index is 1030. The van der Waals surface area contributed by atoms with E-state index in [2.05, 4.69) is 62.4 Å². The highest BCUT2D eigenvalue weighted by Gasteiger charge is 2.01. The topological polar surface area (TPSA) is 102 Å². The first kappa shape index (κ1) is 52.8. The Morgan fingerprint density at radius 2 is 0.475 bits per heavy atom. The highest BCUT2D eigenvalue weighted by Crippen LogP contribution is 2.16. The SMILES string of the molecule is CCCCCCCCc1ccc(OCCOCCOCCOCCOCCOCCOCCOCCOCCOCCOc2ccc(CCCCCCCC)cc2)cc1. The summed E-state index contributed by atoms with van der Waals surface area (Å²) in [6.07, 6.45) is 18.2. The van der Waals surface area contributed by atoms with Gasteiger partial charge in [0.05, 0.1) is 119 Å². The maximum Gasteiger partial charge on any atom is 0.119 e. The quantitative estimate of drug-likeness (QED) is 0.0598. The minimum atomic E-state index is 0.515. The van der Waals surface area contributed by atoms with Gasteiger partial charge in [0.1, 0.15) is 24.7 Å². The molecule has 0 radical (unpaired) electrons. The molecule has 59 heavy (non-hydrogen) atoms. The molecule has 0 amide bonds. The van der Waals surface area contributed by atoms with E-state index in [1.54, 1.807) is 0 Å². The van der Waals surface area contributed by atoms with Crippen LogP contribution >= 0.6 is 0 Å². The molecular formula is C48H82O11. The Labute approximate surface area is 358 Å². The van der Waals surface area contributed by atoms with E-state index in [4.69, 9.17) is 52.1 Å². The molecule has 0 aliphatic heterocycles. The molecule has 0 N–H and O–H groups in total. The highest BCUT2D eigenvalue weighted by atomic mass is 16.6. The van der Waals surface area contributed by atoms with E-state index in [0.717, 1.165) is 24.3 Å². The minimum Gasteiger partial charge on any atom is -0.491 e. The average Bonchev–Trinajstić information content (AvgIpc) is 3.26. The van der Waals surface area contributed by atoms with Crippen LogP contribution in [0.25, 0.3) is 0 Å². The Hall–Kier alpha value is -2.32. The van der Waals surface area contributed by atoms with Gasteiger partial charge in [-0.2, -0.15) is 0 Å². The van der Waals surface area contributed by atoms with Gasteiger partial charge in [-0.1, -0.05) is 102 Å². The zero-order valence-corrected chi connectivity index (χ0v) is 37.2. The van der Waals surface area contributed by atoms with E-state index in [1.807, 2.05) is 0 Å². The van der Waals surface area contributed by atoms with E-state index >= 15 is 0 Å². The molecule has 0 bridgehead atoms. The third-order valence-corrected chi connectivity index (χ3v) is 9.45. The second-order valence-electron chi connectivity index (χ2n) is 14.5. The highest BCUT2D eigenvalue weighted by molar-refractivity contribution is 5.28. The average molecular weight is 835 g/mol. The second kappa shape index (κ2) is 42.4. The lowest BCUT2D eigenvalue weighted by Crippen LogP contribution is -2.15. The van der Waals surface area contributed by atoms with Crippen LogP contribution in [0, 0.1) is 0 Å². The van der Waals surface area contributed by atoms with Crippen LogP contribution in [0.15, 0.2) is 48.5 Å². The Balaban J connectivity index is 1.19. The molecular weight excluding hydrogens is 753 g/mol. The lowest BCUT2D eigenvalue weighted by atomic mass is 10.0. The van der Waals surface area contributed by atoms with E-state index in [0.29, 0.717) is 132 Å². The molecule has 0 heterocycles. The number of aryl methyl sites for hydroxylation is 2. The number of unbranched alkanes of at least 4 members (excludes halogenated alkanes) is 10. The van der Waals surface area contributed by atoms with Crippen molar-refractivity contribution >= 4 is 0 Å². The van der Waals surface area contributed by atoms with Crippen LogP contribution in [0.5, 0.6) is 11.5 Å². The molecule has 2 aromatic rings. The summed E-state index contributed by atoms with van der Waals surface area (Å²) in [5, 5.41) is 0. The minimum absolute atomic E-state index is 0.515. The lowest BCUT2D eigenvalue weighted by molar-refractivity contribution is -0.0257. The molecule has 2 rings (SSSR count). The van der Waals surface area contributed by atoms with Crippen molar-refractivity contribution in [1.82, 2.24) is 0 Å². The van der Waals surface area contributed by atoms with E-state index in [9.17, 15) is 0 Å². The van der Waals surface area contributed by atoms with Crippen molar-refractivity contribution in [3.05, 3.63) is 59.7 Å². The third kappa shape index (κ3) is 35.0. The molecule has 340 valence electrons. The van der Waals surface area contributed by atoms with Gasteiger partial charge < -0.3 is 52.1 Å². The van der Waals surface area contributed by atoms with Crippen LogP contribution in [-0.4, -0.2) is 132 Å². The van der Waals surface area contributed by atoms with Gasteiger partial charge in [0.2, 0.25) is 0 Å². The summed E-state index contributed by atoms with van der Waals surface area (Å²) in [5.41, 5.74) is 2.76. The molecule has 0 saturated heterocycles. The van der Waals surface area contributed by atoms with Crippen LogP contribution in [0.1, 0.15) is 102 Å². The first-order chi connectivity index (χ1) is 29.3. The van der Waals surface area contributed by atoms with E-state index in [1.165, 1.54) is 88.2 Å². The van der Waals surface area contributed by atoms with Crippen molar-refractivity contribution in [1.29, 1.82) is 0 Å². The van der Waals surface area contributed by atoms with Gasteiger partial charge in [0.25, 0.3) is 0 Å². The number of hydrogen-bond donors (Lipinski definition) is 0. The van der Waals surface area contributed by atoms with Crippen LogP contribution in [0.4, 0.5) is 0 Å². The smallest absolute Gasteiger partial charge is 0.119 e. The maximum atomic E-state index is 5.79. The fraction of sp³-hybridized carbons (Fsp3) is 0.750. The van der Waals surface area contributed by atoms with Gasteiger partial charge in [-0.3, -0.25) is 0 Å². The van der Waals surface area contributed by atoms with Crippen LogP contribution < -0.4 is 9.47 Å². The first-order valence-electron chi connectivity index (χ1n) is 22.9. The third-order valence-electron chi connectivity index (χ3n) is 9.45. The molecule has 11 heteroatoms. The molecule has 11 nitrogen and oxygen atoms in total. The van der Waals surface area contributed by atoms with Gasteiger partial charge in [-0.15, -0.1) is 0 Å². The maximum absolute atomic E-state index is 5.79. The predicted octanol–water partition coefficient (Wildman–Crippen LogP) is 9.10. The van der Waals surface area contributed by atoms with Gasteiger partial charge >= 0.3 is 0 Å². The Morgan fingerprint density at radius 1 is 0.254 bits per heavy atom. The normalized spacial score (nSPS) is 11.4. The molecule has 0 aromatic heterocycles. The molecule has 0 atom stereocenters. The molecule has 0 saturated carbocycles. The van der Waals surface area contributed by atoms with Gasteiger partial charge in [-0.05, 0) is 61.1 Å². The summed E-state index contributed by atoms with van der Waals surface area (Å²) < 4.78 is 61.6. The summed E-state index contributed by atoms with van der Waals surface area (Å²) in [6.45, 7) is 15.0. The number of hydrogen-bond acceptors (Lipinski definition) is 11. The van der Waals surface area contributed by atoms with Crippen molar-refractivity contribution in [3.63, 3.8) is 0 Å². The summed E-state index contributed by atoms with van der Waals surface area (Å²) in [5.74, 6) is 1.77. The Morgan fingerprint density at radius 3 is 0.729 bits per heavy atom. The number of ether oxygens (including phenoxy) is 11.